The van der Waals surface area contributed by atoms with Crippen LogP contribution in [0.1, 0.15) is 30.5 Å². The number of hydrogen-bond acceptors (Lipinski definition) is 3. The molecule has 0 aliphatic carbocycles. The Hall–Kier alpha value is -2.37. The van der Waals surface area contributed by atoms with E-state index >= 15 is 0 Å². The summed E-state index contributed by atoms with van der Waals surface area (Å²) in [4.78, 5) is 25.8. The quantitative estimate of drug-likeness (QED) is 0.743. The number of halogens is 1. The molecule has 2 aromatic carbocycles. The summed E-state index contributed by atoms with van der Waals surface area (Å²) in [5.74, 6) is -0.911. The average Bonchev–Trinajstić information content (AvgIpc) is 2.64. The molecule has 0 saturated heterocycles. The van der Waals surface area contributed by atoms with Gasteiger partial charge in [-0.15, -0.1) is 12.4 Å². The third kappa shape index (κ3) is 6.17. The highest BCUT2D eigenvalue weighted by atomic mass is 35.5. The Morgan fingerprint density at radius 3 is 2.08 bits per heavy atom. The monoisotopic (exact) mass is 375 g/mol. The highest BCUT2D eigenvalue weighted by Gasteiger charge is 2.27. The van der Waals surface area contributed by atoms with Gasteiger partial charge in [0.05, 0.1) is 5.92 Å². The number of rotatable bonds is 8. The normalized spacial score (nSPS) is 12.5. The van der Waals surface area contributed by atoms with Crippen LogP contribution in [0.25, 0.3) is 0 Å². The number of primary amides is 1. The highest BCUT2D eigenvalue weighted by molar-refractivity contribution is 5.85. The maximum atomic E-state index is 13.0. The Balaban J connectivity index is 0.00000338. The molecule has 0 aromatic heterocycles. The van der Waals surface area contributed by atoms with Gasteiger partial charge in [-0.05, 0) is 11.1 Å². The molecule has 0 saturated carbocycles. The van der Waals surface area contributed by atoms with Crippen LogP contribution < -0.4 is 11.5 Å². The van der Waals surface area contributed by atoms with E-state index in [1.54, 1.807) is 4.90 Å². The van der Waals surface area contributed by atoms with Gasteiger partial charge in [-0.1, -0.05) is 67.6 Å². The molecular formula is C20H26ClN3O2. The van der Waals surface area contributed by atoms with Crippen molar-refractivity contribution in [2.24, 2.45) is 17.4 Å². The molecule has 0 spiro atoms. The third-order valence-corrected chi connectivity index (χ3v) is 4.27. The standard InChI is InChI=1S/C20H25N3O2.ClH/c1-15(19(22)17-10-6-3-7-11-17)20(25)23(13-12-18(21)24)14-16-8-4-2-5-9-16;/h2-11,15,19H,12-14,22H2,1H3,(H2,21,24);1H. The largest absolute Gasteiger partial charge is 0.370 e. The van der Waals surface area contributed by atoms with Gasteiger partial charge in [0.25, 0.3) is 0 Å². The Morgan fingerprint density at radius 2 is 1.54 bits per heavy atom. The van der Waals surface area contributed by atoms with E-state index in [9.17, 15) is 9.59 Å². The molecule has 0 radical (unpaired) electrons. The minimum Gasteiger partial charge on any atom is -0.370 e. The van der Waals surface area contributed by atoms with Gasteiger partial charge in [-0.25, -0.2) is 0 Å². The molecule has 0 bridgehead atoms. The molecule has 2 atom stereocenters. The summed E-state index contributed by atoms with van der Waals surface area (Å²) in [5, 5.41) is 0. The van der Waals surface area contributed by atoms with Crippen LogP contribution in [0.4, 0.5) is 0 Å². The van der Waals surface area contributed by atoms with Crippen LogP contribution in [0.2, 0.25) is 0 Å². The molecular weight excluding hydrogens is 350 g/mol. The number of nitrogens with two attached hydrogens (primary N) is 2. The van der Waals surface area contributed by atoms with Gasteiger partial charge in [0.15, 0.2) is 0 Å². The van der Waals surface area contributed by atoms with E-state index in [0.29, 0.717) is 6.54 Å². The van der Waals surface area contributed by atoms with Crippen molar-refractivity contribution < 1.29 is 9.59 Å². The number of carbonyl (C=O) groups is 2. The van der Waals surface area contributed by atoms with Gasteiger partial charge in [-0.3, -0.25) is 9.59 Å². The molecule has 2 aromatic rings. The summed E-state index contributed by atoms with van der Waals surface area (Å²) in [7, 11) is 0. The van der Waals surface area contributed by atoms with Crippen molar-refractivity contribution in [2.75, 3.05) is 6.54 Å². The lowest BCUT2D eigenvalue weighted by molar-refractivity contribution is -0.136. The van der Waals surface area contributed by atoms with Gasteiger partial charge in [-0.2, -0.15) is 0 Å². The Labute approximate surface area is 160 Å². The molecule has 2 rings (SSSR count). The second kappa shape index (κ2) is 10.6. The fourth-order valence-corrected chi connectivity index (χ4v) is 2.72. The number of benzene rings is 2. The van der Waals surface area contributed by atoms with E-state index in [4.69, 9.17) is 11.5 Å². The van der Waals surface area contributed by atoms with Crippen molar-refractivity contribution in [2.45, 2.75) is 25.9 Å². The smallest absolute Gasteiger partial charge is 0.227 e. The fraction of sp³-hybridized carbons (Fsp3) is 0.300. The maximum absolute atomic E-state index is 13.0. The first-order chi connectivity index (χ1) is 12.0. The van der Waals surface area contributed by atoms with Crippen LogP contribution in [0, 0.1) is 5.92 Å². The lowest BCUT2D eigenvalue weighted by Crippen LogP contribution is -2.40. The Morgan fingerprint density at radius 1 is 1.00 bits per heavy atom. The maximum Gasteiger partial charge on any atom is 0.227 e. The highest BCUT2D eigenvalue weighted by Crippen LogP contribution is 2.22. The van der Waals surface area contributed by atoms with Crippen molar-refractivity contribution >= 4 is 24.2 Å². The van der Waals surface area contributed by atoms with Crippen molar-refractivity contribution in [1.29, 1.82) is 0 Å². The van der Waals surface area contributed by atoms with Gasteiger partial charge in [0.1, 0.15) is 0 Å². The summed E-state index contributed by atoms with van der Waals surface area (Å²) in [6.07, 6.45) is 0.131. The first kappa shape index (κ1) is 21.7. The van der Waals surface area contributed by atoms with Gasteiger partial charge < -0.3 is 16.4 Å². The fourth-order valence-electron chi connectivity index (χ4n) is 2.72. The predicted octanol–water partition coefficient (Wildman–Crippen LogP) is 2.65. The topological polar surface area (TPSA) is 89.4 Å². The summed E-state index contributed by atoms with van der Waals surface area (Å²) in [6, 6.07) is 18.8. The number of nitrogens with zero attached hydrogens (tertiary/aromatic N) is 1. The third-order valence-electron chi connectivity index (χ3n) is 4.27. The summed E-state index contributed by atoms with van der Waals surface area (Å²) in [5.41, 5.74) is 13.5. The molecule has 4 N–H and O–H groups in total. The zero-order chi connectivity index (χ0) is 18.2. The number of carbonyl (C=O) groups excluding carboxylic acids is 2. The number of amides is 2. The summed E-state index contributed by atoms with van der Waals surface area (Å²) >= 11 is 0. The van der Waals surface area contributed by atoms with E-state index in [1.807, 2.05) is 67.6 Å². The van der Waals surface area contributed by atoms with Crippen LogP contribution in [-0.4, -0.2) is 23.3 Å². The van der Waals surface area contributed by atoms with Crippen molar-refractivity contribution in [3.63, 3.8) is 0 Å². The van der Waals surface area contributed by atoms with E-state index in [0.717, 1.165) is 11.1 Å². The first-order valence-electron chi connectivity index (χ1n) is 8.40. The predicted molar refractivity (Wildman–Crippen MR) is 105 cm³/mol. The minimum atomic E-state index is -0.425. The summed E-state index contributed by atoms with van der Waals surface area (Å²) < 4.78 is 0. The van der Waals surface area contributed by atoms with Crippen molar-refractivity contribution in [3.05, 3.63) is 71.8 Å². The molecule has 140 valence electrons. The Bertz CT molecular complexity index is 695. The average molecular weight is 376 g/mol. The van der Waals surface area contributed by atoms with E-state index in [-0.39, 0.29) is 31.3 Å². The lowest BCUT2D eigenvalue weighted by atomic mass is 9.94. The summed E-state index contributed by atoms with van der Waals surface area (Å²) in [6.45, 7) is 2.54. The van der Waals surface area contributed by atoms with Crippen molar-refractivity contribution in [3.8, 4) is 0 Å². The van der Waals surface area contributed by atoms with Gasteiger partial charge >= 0.3 is 0 Å². The SMILES string of the molecule is CC(C(=O)N(CCC(N)=O)Cc1ccccc1)C(N)c1ccccc1.Cl. The second-order valence-corrected chi connectivity index (χ2v) is 6.19. The van der Waals surface area contributed by atoms with Gasteiger partial charge in [0.2, 0.25) is 11.8 Å². The van der Waals surface area contributed by atoms with E-state index in [2.05, 4.69) is 0 Å². The Kier molecular flexibility index (Phi) is 8.82. The molecule has 0 fully saturated rings. The lowest BCUT2D eigenvalue weighted by Gasteiger charge is -2.28. The molecule has 2 unspecified atom stereocenters. The second-order valence-electron chi connectivity index (χ2n) is 6.19. The van der Waals surface area contributed by atoms with E-state index < -0.39 is 17.9 Å². The van der Waals surface area contributed by atoms with Crippen LogP contribution in [0.3, 0.4) is 0 Å². The molecule has 0 aliphatic rings. The molecule has 0 aliphatic heterocycles. The first-order valence-corrected chi connectivity index (χ1v) is 8.40. The zero-order valence-electron chi connectivity index (χ0n) is 14.9. The molecule has 0 heterocycles. The van der Waals surface area contributed by atoms with Gasteiger partial charge in [0, 0.05) is 25.6 Å². The van der Waals surface area contributed by atoms with Crippen LogP contribution in [0.15, 0.2) is 60.7 Å². The zero-order valence-corrected chi connectivity index (χ0v) is 15.7. The molecule has 6 heteroatoms. The van der Waals surface area contributed by atoms with Crippen LogP contribution >= 0.6 is 12.4 Å². The van der Waals surface area contributed by atoms with Crippen LogP contribution in [-0.2, 0) is 16.1 Å². The minimum absolute atomic E-state index is 0. The molecule has 2 amide bonds. The molecule has 5 nitrogen and oxygen atoms in total. The number of hydrogen-bond donors (Lipinski definition) is 2. The van der Waals surface area contributed by atoms with Crippen LogP contribution in [0.5, 0.6) is 0 Å². The van der Waals surface area contributed by atoms with Crippen molar-refractivity contribution in [1.82, 2.24) is 4.90 Å². The molecule has 26 heavy (non-hydrogen) atoms. The van der Waals surface area contributed by atoms with E-state index in [1.165, 1.54) is 0 Å².